The molecule has 0 aliphatic carbocycles. The van der Waals surface area contributed by atoms with E-state index in [9.17, 15) is 4.39 Å². The Kier molecular flexibility index (Phi) is 3.96. The van der Waals surface area contributed by atoms with Crippen molar-refractivity contribution in [3.8, 4) is 6.07 Å². The van der Waals surface area contributed by atoms with Crippen LogP contribution in [0.4, 0.5) is 10.1 Å². The molecular weight excluding hydrogens is 295 g/mol. The van der Waals surface area contributed by atoms with E-state index in [0.29, 0.717) is 16.6 Å². The van der Waals surface area contributed by atoms with Gasteiger partial charge in [-0.15, -0.1) is 0 Å². The standard InChI is InChI=1S/C14H10BrFN2/c15-12-7-10(5-6-13(12)16)9-18-14-4-2-1-3-11(14)8-17/h1-7,18H,9H2. The molecule has 4 heteroatoms. The Morgan fingerprint density at radius 1 is 1.22 bits per heavy atom. The lowest BCUT2D eigenvalue weighted by atomic mass is 10.1. The van der Waals surface area contributed by atoms with Gasteiger partial charge in [-0.2, -0.15) is 5.26 Å². The fraction of sp³-hybridized carbons (Fsp3) is 0.0714. The number of benzene rings is 2. The Morgan fingerprint density at radius 3 is 2.72 bits per heavy atom. The molecule has 0 aromatic heterocycles. The van der Waals surface area contributed by atoms with E-state index in [0.717, 1.165) is 11.3 Å². The lowest BCUT2D eigenvalue weighted by Gasteiger charge is -2.08. The van der Waals surface area contributed by atoms with Crippen molar-refractivity contribution < 1.29 is 4.39 Å². The van der Waals surface area contributed by atoms with Gasteiger partial charge in [0.25, 0.3) is 0 Å². The summed E-state index contributed by atoms with van der Waals surface area (Å²) >= 11 is 3.15. The minimum Gasteiger partial charge on any atom is -0.380 e. The molecule has 2 aromatic carbocycles. The zero-order valence-electron chi connectivity index (χ0n) is 9.45. The summed E-state index contributed by atoms with van der Waals surface area (Å²) < 4.78 is 13.5. The molecule has 0 saturated carbocycles. The number of nitrogens with one attached hydrogen (secondary N) is 1. The van der Waals surface area contributed by atoms with Gasteiger partial charge in [-0.3, -0.25) is 0 Å². The van der Waals surface area contributed by atoms with Gasteiger partial charge in [0, 0.05) is 6.54 Å². The molecule has 0 amide bonds. The first-order valence-corrected chi connectivity index (χ1v) is 6.17. The van der Waals surface area contributed by atoms with Crippen molar-refractivity contribution >= 4 is 21.6 Å². The molecule has 0 spiro atoms. The van der Waals surface area contributed by atoms with Crippen molar-refractivity contribution in [2.45, 2.75) is 6.54 Å². The first kappa shape index (κ1) is 12.6. The summed E-state index contributed by atoms with van der Waals surface area (Å²) in [5, 5.41) is 12.1. The van der Waals surface area contributed by atoms with E-state index in [1.807, 2.05) is 18.2 Å². The molecule has 0 bridgehead atoms. The Balaban J connectivity index is 2.12. The van der Waals surface area contributed by atoms with Gasteiger partial charge in [0.1, 0.15) is 11.9 Å². The average Bonchev–Trinajstić information content (AvgIpc) is 2.40. The largest absolute Gasteiger partial charge is 0.380 e. The van der Waals surface area contributed by atoms with Crippen molar-refractivity contribution in [1.82, 2.24) is 0 Å². The summed E-state index contributed by atoms with van der Waals surface area (Å²) in [5.74, 6) is -0.281. The van der Waals surface area contributed by atoms with Crippen LogP contribution in [0.1, 0.15) is 11.1 Å². The van der Waals surface area contributed by atoms with Gasteiger partial charge in [0.2, 0.25) is 0 Å². The molecule has 2 nitrogen and oxygen atoms in total. The summed E-state index contributed by atoms with van der Waals surface area (Å²) in [6.07, 6.45) is 0. The summed E-state index contributed by atoms with van der Waals surface area (Å²) in [6.45, 7) is 0.539. The highest BCUT2D eigenvalue weighted by Gasteiger charge is 2.02. The SMILES string of the molecule is N#Cc1ccccc1NCc1ccc(F)c(Br)c1. The summed E-state index contributed by atoms with van der Waals surface area (Å²) in [7, 11) is 0. The Hall–Kier alpha value is -1.86. The van der Waals surface area contributed by atoms with Gasteiger partial charge in [-0.1, -0.05) is 18.2 Å². The summed E-state index contributed by atoms with van der Waals surface area (Å²) in [4.78, 5) is 0. The average molecular weight is 305 g/mol. The molecule has 1 N–H and O–H groups in total. The quantitative estimate of drug-likeness (QED) is 0.927. The minimum atomic E-state index is -0.281. The number of halogens is 2. The van der Waals surface area contributed by atoms with Crippen molar-refractivity contribution in [2.24, 2.45) is 0 Å². The van der Waals surface area contributed by atoms with E-state index in [1.165, 1.54) is 6.07 Å². The number of hydrogen-bond acceptors (Lipinski definition) is 2. The summed E-state index contributed by atoms with van der Waals surface area (Å²) in [6, 6.07) is 14.2. The van der Waals surface area contributed by atoms with E-state index < -0.39 is 0 Å². The van der Waals surface area contributed by atoms with E-state index >= 15 is 0 Å². The Morgan fingerprint density at radius 2 is 2.00 bits per heavy atom. The van der Waals surface area contributed by atoms with E-state index in [1.54, 1.807) is 18.2 Å². The van der Waals surface area contributed by atoms with Crippen LogP contribution in [0.5, 0.6) is 0 Å². The van der Waals surface area contributed by atoms with Crippen LogP contribution in [-0.2, 0) is 6.54 Å². The van der Waals surface area contributed by atoms with Crippen LogP contribution >= 0.6 is 15.9 Å². The zero-order chi connectivity index (χ0) is 13.0. The molecule has 18 heavy (non-hydrogen) atoms. The predicted molar refractivity (Wildman–Crippen MR) is 72.6 cm³/mol. The van der Waals surface area contributed by atoms with Crippen molar-refractivity contribution in [3.05, 3.63) is 63.9 Å². The normalized spacial score (nSPS) is 9.83. The maximum atomic E-state index is 13.1. The second-order valence-electron chi connectivity index (χ2n) is 3.76. The first-order chi connectivity index (χ1) is 8.70. The predicted octanol–water partition coefficient (Wildman–Crippen LogP) is 4.07. The third-order valence-electron chi connectivity index (χ3n) is 2.51. The molecule has 2 aromatic rings. The molecule has 0 aliphatic heterocycles. The van der Waals surface area contributed by atoms with Crippen molar-refractivity contribution in [3.63, 3.8) is 0 Å². The number of anilines is 1. The third kappa shape index (κ3) is 2.88. The fourth-order valence-electron chi connectivity index (χ4n) is 1.58. The highest BCUT2D eigenvalue weighted by Crippen LogP contribution is 2.19. The molecule has 0 aliphatic rings. The fourth-order valence-corrected chi connectivity index (χ4v) is 2.01. The lowest BCUT2D eigenvalue weighted by Crippen LogP contribution is -2.01. The molecule has 2 rings (SSSR count). The van der Waals surface area contributed by atoms with Crippen LogP contribution in [0.25, 0.3) is 0 Å². The van der Waals surface area contributed by atoms with Crippen molar-refractivity contribution in [1.29, 1.82) is 5.26 Å². The monoisotopic (exact) mass is 304 g/mol. The topological polar surface area (TPSA) is 35.8 Å². The van der Waals surface area contributed by atoms with Gasteiger partial charge >= 0.3 is 0 Å². The van der Waals surface area contributed by atoms with E-state index in [4.69, 9.17) is 5.26 Å². The molecule has 0 unspecified atom stereocenters. The smallest absolute Gasteiger partial charge is 0.137 e. The second kappa shape index (κ2) is 5.65. The van der Waals surface area contributed by atoms with Crippen molar-refractivity contribution in [2.75, 3.05) is 5.32 Å². The minimum absolute atomic E-state index is 0.281. The molecule has 0 saturated heterocycles. The lowest BCUT2D eigenvalue weighted by molar-refractivity contribution is 0.620. The van der Waals surface area contributed by atoms with Gasteiger partial charge < -0.3 is 5.32 Å². The highest BCUT2D eigenvalue weighted by atomic mass is 79.9. The zero-order valence-corrected chi connectivity index (χ0v) is 11.0. The Labute approximate surface area is 113 Å². The van der Waals surface area contributed by atoms with Crippen LogP contribution in [0.3, 0.4) is 0 Å². The molecule has 0 heterocycles. The highest BCUT2D eigenvalue weighted by molar-refractivity contribution is 9.10. The first-order valence-electron chi connectivity index (χ1n) is 5.37. The maximum Gasteiger partial charge on any atom is 0.137 e. The molecule has 0 atom stereocenters. The molecule has 0 radical (unpaired) electrons. The van der Waals surface area contributed by atoms with Crippen LogP contribution in [0.15, 0.2) is 46.9 Å². The molecule has 0 fully saturated rings. The van der Waals surface area contributed by atoms with Crippen LogP contribution in [0, 0.1) is 17.1 Å². The maximum absolute atomic E-state index is 13.1. The van der Waals surface area contributed by atoms with E-state index in [2.05, 4.69) is 27.3 Å². The number of hydrogen-bond donors (Lipinski definition) is 1. The van der Waals surface area contributed by atoms with Crippen LogP contribution in [0.2, 0.25) is 0 Å². The molecular formula is C14H10BrFN2. The third-order valence-corrected chi connectivity index (χ3v) is 3.12. The number of nitriles is 1. The van der Waals surface area contributed by atoms with Gasteiger partial charge in [0.15, 0.2) is 0 Å². The summed E-state index contributed by atoms with van der Waals surface area (Å²) in [5.41, 5.74) is 2.31. The van der Waals surface area contributed by atoms with E-state index in [-0.39, 0.29) is 5.82 Å². The van der Waals surface area contributed by atoms with Gasteiger partial charge in [0.05, 0.1) is 15.7 Å². The van der Waals surface area contributed by atoms with Crippen LogP contribution < -0.4 is 5.32 Å². The van der Waals surface area contributed by atoms with Crippen LogP contribution in [-0.4, -0.2) is 0 Å². The van der Waals surface area contributed by atoms with Gasteiger partial charge in [-0.05, 0) is 45.8 Å². The Bertz CT molecular complexity index is 605. The number of rotatable bonds is 3. The number of nitrogens with zero attached hydrogens (tertiary/aromatic N) is 1. The number of para-hydroxylation sites is 1. The second-order valence-corrected chi connectivity index (χ2v) is 4.61. The molecule has 90 valence electrons. The van der Waals surface area contributed by atoms with Gasteiger partial charge in [-0.25, -0.2) is 4.39 Å².